The van der Waals surface area contributed by atoms with Crippen LogP contribution in [0.4, 0.5) is 5.82 Å². The van der Waals surface area contributed by atoms with Gasteiger partial charge in [0, 0.05) is 31.0 Å². The van der Waals surface area contributed by atoms with Crippen LogP contribution < -0.4 is 10.1 Å². The molecule has 170 valence electrons. The number of methoxy groups -OCH3 is 1. The van der Waals surface area contributed by atoms with Crippen molar-refractivity contribution in [1.82, 2.24) is 19.9 Å². The first-order valence-electron chi connectivity index (χ1n) is 11.5. The Hall–Kier alpha value is -3.48. The van der Waals surface area contributed by atoms with Crippen LogP contribution in [0.25, 0.3) is 11.4 Å². The minimum absolute atomic E-state index is 0.119. The maximum atomic E-state index is 13.3. The van der Waals surface area contributed by atoms with Crippen molar-refractivity contribution < 1.29 is 9.53 Å². The summed E-state index contributed by atoms with van der Waals surface area (Å²) in [6, 6.07) is 11.8. The Morgan fingerprint density at radius 3 is 2.67 bits per heavy atom. The Morgan fingerprint density at radius 1 is 1.18 bits per heavy atom. The smallest absolute Gasteiger partial charge is 0.229 e. The van der Waals surface area contributed by atoms with Crippen LogP contribution in [-0.4, -0.2) is 51.5 Å². The number of anilines is 1. The molecular formula is C26H29N5O2. The van der Waals surface area contributed by atoms with Gasteiger partial charge in [0.25, 0.3) is 0 Å². The maximum absolute atomic E-state index is 13.3. The van der Waals surface area contributed by atoms with Gasteiger partial charge in [-0.1, -0.05) is 12.1 Å². The van der Waals surface area contributed by atoms with E-state index in [4.69, 9.17) is 9.72 Å². The van der Waals surface area contributed by atoms with E-state index in [0.29, 0.717) is 12.4 Å². The lowest BCUT2D eigenvalue weighted by Gasteiger charge is -2.36. The van der Waals surface area contributed by atoms with Crippen LogP contribution in [-0.2, 0) is 11.2 Å². The van der Waals surface area contributed by atoms with Crippen LogP contribution >= 0.6 is 0 Å². The summed E-state index contributed by atoms with van der Waals surface area (Å²) in [7, 11) is 1.65. The molecule has 2 aliphatic heterocycles. The molecule has 1 N–H and O–H groups in total. The van der Waals surface area contributed by atoms with Gasteiger partial charge in [-0.05, 0) is 68.5 Å². The number of likely N-dealkylation sites (tertiary alicyclic amines) is 1. The van der Waals surface area contributed by atoms with Crippen LogP contribution in [0, 0.1) is 6.92 Å². The van der Waals surface area contributed by atoms with E-state index in [0.717, 1.165) is 54.2 Å². The maximum Gasteiger partial charge on any atom is 0.229 e. The number of nitrogens with zero attached hydrogens (tertiary/aromatic N) is 4. The molecule has 2 aliphatic rings. The number of carbonyl (C=O) groups is 1. The van der Waals surface area contributed by atoms with Gasteiger partial charge in [0.05, 0.1) is 24.3 Å². The van der Waals surface area contributed by atoms with E-state index in [1.807, 2.05) is 49.1 Å². The van der Waals surface area contributed by atoms with Gasteiger partial charge in [-0.15, -0.1) is 0 Å². The topological polar surface area (TPSA) is 80.2 Å². The zero-order valence-electron chi connectivity index (χ0n) is 19.3. The number of aryl methyl sites for hydroxylation is 2. The van der Waals surface area contributed by atoms with Crippen molar-refractivity contribution in [3.63, 3.8) is 0 Å². The highest BCUT2D eigenvalue weighted by molar-refractivity contribution is 5.84. The van der Waals surface area contributed by atoms with Gasteiger partial charge in [0.2, 0.25) is 5.91 Å². The average molecular weight is 444 g/mol. The fraction of sp³-hybridized carbons (Fsp3) is 0.385. The Morgan fingerprint density at radius 2 is 1.94 bits per heavy atom. The molecule has 0 saturated carbocycles. The lowest BCUT2D eigenvalue weighted by atomic mass is 9.86. The fourth-order valence-corrected chi connectivity index (χ4v) is 4.97. The summed E-state index contributed by atoms with van der Waals surface area (Å²) < 4.78 is 5.24. The first kappa shape index (κ1) is 21.4. The number of amides is 1. The number of rotatable bonds is 4. The predicted molar refractivity (Wildman–Crippen MR) is 127 cm³/mol. The zero-order chi connectivity index (χ0) is 23.0. The van der Waals surface area contributed by atoms with Crippen molar-refractivity contribution in [1.29, 1.82) is 0 Å². The van der Waals surface area contributed by atoms with E-state index < -0.39 is 0 Å². The van der Waals surface area contributed by atoms with E-state index >= 15 is 0 Å². The first-order chi connectivity index (χ1) is 16.0. The Balaban J connectivity index is 1.31. The van der Waals surface area contributed by atoms with E-state index in [-0.39, 0.29) is 17.4 Å². The molecule has 3 aromatic rings. The summed E-state index contributed by atoms with van der Waals surface area (Å²) in [4.78, 5) is 28.9. The number of fused-ring (bicyclic) bond motifs is 1. The van der Waals surface area contributed by atoms with Gasteiger partial charge in [-0.3, -0.25) is 4.79 Å². The number of ether oxygens (including phenoxy) is 1. The number of hydrogen-bond acceptors (Lipinski definition) is 6. The van der Waals surface area contributed by atoms with Crippen LogP contribution in [0.15, 0.2) is 48.8 Å². The third-order valence-corrected chi connectivity index (χ3v) is 7.01. The average Bonchev–Trinajstić information content (AvgIpc) is 3.26. The summed E-state index contributed by atoms with van der Waals surface area (Å²) >= 11 is 0. The number of nitrogens with one attached hydrogen (secondary N) is 1. The third kappa shape index (κ3) is 4.03. The number of hydrogen-bond donors (Lipinski definition) is 1. The molecule has 0 bridgehead atoms. The molecule has 33 heavy (non-hydrogen) atoms. The largest absolute Gasteiger partial charge is 0.497 e. The molecule has 5 rings (SSSR count). The molecule has 4 heterocycles. The van der Waals surface area contributed by atoms with Gasteiger partial charge in [-0.2, -0.15) is 0 Å². The standard InChI is InChI=1S/C26H29N5O2/c1-17(19-5-7-21(33-3)8-6-19)25(32)31-14-11-26(16-31)10-9-20-15-22(18(2)29-23(20)30-26)24-27-12-4-13-28-24/h4-8,12-13,15,17H,9-11,14,16H2,1-3H3,(H,29,30)/t17-,26-/m0/s1. The Labute approximate surface area is 194 Å². The lowest BCUT2D eigenvalue weighted by Crippen LogP contribution is -2.46. The molecule has 1 spiro atoms. The van der Waals surface area contributed by atoms with E-state index in [9.17, 15) is 4.79 Å². The molecule has 2 aromatic heterocycles. The molecule has 1 aromatic carbocycles. The van der Waals surface area contributed by atoms with Crippen LogP contribution in [0.1, 0.15) is 42.5 Å². The number of pyridine rings is 1. The van der Waals surface area contributed by atoms with E-state index in [1.54, 1.807) is 19.5 Å². The summed E-state index contributed by atoms with van der Waals surface area (Å²) in [5, 5.41) is 3.71. The number of benzene rings is 1. The van der Waals surface area contributed by atoms with Crippen LogP contribution in [0.2, 0.25) is 0 Å². The second kappa shape index (κ2) is 8.46. The molecule has 0 unspecified atom stereocenters. The fourth-order valence-electron chi connectivity index (χ4n) is 4.97. The molecule has 7 nitrogen and oxygen atoms in total. The number of carbonyl (C=O) groups excluding carboxylic acids is 1. The minimum Gasteiger partial charge on any atom is -0.497 e. The quantitative estimate of drug-likeness (QED) is 0.657. The van der Waals surface area contributed by atoms with Crippen molar-refractivity contribution in [3.05, 3.63) is 65.6 Å². The second-order valence-corrected chi connectivity index (χ2v) is 9.11. The monoisotopic (exact) mass is 443 g/mol. The molecule has 1 fully saturated rings. The SMILES string of the molecule is COc1ccc([C@H](C)C(=O)N2CC[C@@]3(CCc4cc(-c5ncccn5)c(C)nc4N3)C2)cc1. The highest BCUT2D eigenvalue weighted by atomic mass is 16.5. The van der Waals surface area contributed by atoms with Crippen molar-refractivity contribution in [2.24, 2.45) is 0 Å². The molecule has 2 atom stereocenters. The molecule has 1 saturated heterocycles. The minimum atomic E-state index is -0.185. The second-order valence-electron chi connectivity index (χ2n) is 9.11. The molecule has 0 aliphatic carbocycles. The van der Waals surface area contributed by atoms with Crippen molar-refractivity contribution in [3.8, 4) is 17.1 Å². The third-order valence-electron chi connectivity index (χ3n) is 7.01. The number of aromatic nitrogens is 3. The lowest BCUT2D eigenvalue weighted by molar-refractivity contribution is -0.131. The normalized spacial score (nSPS) is 20.3. The molecule has 7 heteroatoms. The van der Waals surface area contributed by atoms with Gasteiger partial charge < -0.3 is 15.0 Å². The van der Waals surface area contributed by atoms with Gasteiger partial charge in [0.1, 0.15) is 11.6 Å². The first-order valence-corrected chi connectivity index (χ1v) is 11.5. The zero-order valence-corrected chi connectivity index (χ0v) is 19.3. The van der Waals surface area contributed by atoms with Crippen molar-refractivity contribution in [2.75, 3.05) is 25.5 Å². The van der Waals surface area contributed by atoms with Gasteiger partial charge >= 0.3 is 0 Å². The predicted octanol–water partition coefficient (Wildman–Crippen LogP) is 3.99. The van der Waals surface area contributed by atoms with E-state index in [2.05, 4.69) is 21.4 Å². The molecule has 0 radical (unpaired) electrons. The van der Waals surface area contributed by atoms with Gasteiger partial charge in [0.15, 0.2) is 5.82 Å². The summed E-state index contributed by atoms with van der Waals surface area (Å²) in [5.74, 6) is 2.42. The van der Waals surface area contributed by atoms with Crippen molar-refractivity contribution in [2.45, 2.75) is 44.6 Å². The van der Waals surface area contributed by atoms with Crippen molar-refractivity contribution >= 4 is 11.7 Å². The summed E-state index contributed by atoms with van der Waals surface area (Å²) in [6.45, 7) is 5.44. The molecule has 1 amide bonds. The van der Waals surface area contributed by atoms with Gasteiger partial charge in [-0.25, -0.2) is 15.0 Å². The summed E-state index contributed by atoms with van der Waals surface area (Å²) in [6.07, 6.45) is 6.33. The summed E-state index contributed by atoms with van der Waals surface area (Å²) in [5.41, 5.74) is 3.96. The highest BCUT2D eigenvalue weighted by Crippen LogP contribution is 2.38. The Kier molecular flexibility index (Phi) is 5.48. The molecular weight excluding hydrogens is 414 g/mol. The van der Waals surface area contributed by atoms with Crippen LogP contribution in [0.3, 0.4) is 0 Å². The van der Waals surface area contributed by atoms with E-state index in [1.165, 1.54) is 5.56 Å². The Bertz CT molecular complexity index is 1170. The highest BCUT2D eigenvalue weighted by Gasteiger charge is 2.43. The van der Waals surface area contributed by atoms with Crippen LogP contribution in [0.5, 0.6) is 5.75 Å².